The van der Waals surface area contributed by atoms with Gasteiger partial charge in [-0.1, -0.05) is 0 Å². The van der Waals surface area contributed by atoms with Crippen molar-refractivity contribution in [3.8, 4) is 6.07 Å². The predicted octanol–water partition coefficient (Wildman–Crippen LogP) is 0.380. The van der Waals surface area contributed by atoms with Gasteiger partial charge in [-0.15, -0.1) is 0 Å². The number of sulfone groups is 1. The minimum absolute atomic E-state index is 0.000936. The number of nitriles is 1. The van der Waals surface area contributed by atoms with Crippen LogP contribution in [0.4, 0.5) is 11.5 Å². The first-order chi connectivity index (χ1) is 7.81. The molecule has 0 aliphatic heterocycles. The molecule has 0 saturated carbocycles. The first-order valence-corrected chi connectivity index (χ1v) is 6.99. The van der Waals surface area contributed by atoms with Gasteiger partial charge in [-0.05, 0) is 19.1 Å². The molecule has 92 valence electrons. The minimum Gasteiger partial charge on any atom is -0.396 e. The van der Waals surface area contributed by atoms with Crippen LogP contribution >= 0.6 is 0 Å². The molecule has 17 heavy (non-hydrogen) atoms. The third-order valence-corrected chi connectivity index (χ3v) is 3.08. The summed E-state index contributed by atoms with van der Waals surface area (Å²) in [7, 11) is -3.05. The molecule has 0 radical (unpaired) electrons. The van der Waals surface area contributed by atoms with Crippen LogP contribution < -0.4 is 11.1 Å². The molecule has 6 nitrogen and oxygen atoms in total. The second-order valence-electron chi connectivity index (χ2n) is 3.88. The summed E-state index contributed by atoms with van der Waals surface area (Å²) in [6.07, 6.45) is 1.17. The van der Waals surface area contributed by atoms with Gasteiger partial charge >= 0.3 is 0 Å². The van der Waals surface area contributed by atoms with Crippen LogP contribution in [0.2, 0.25) is 0 Å². The summed E-state index contributed by atoms with van der Waals surface area (Å²) < 4.78 is 22.2. The van der Waals surface area contributed by atoms with E-state index >= 15 is 0 Å². The van der Waals surface area contributed by atoms with E-state index in [0.717, 1.165) is 0 Å². The van der Waals surface area contributed by atoms with Gasteiger partial charge in [0, 0.05) is 12.3 Å². The zero-order chi connectivity index (χ0) is 13.1. The van der Waals surface area contributed by atoms with E-state index in [-0.39, 0.29) is 17.5 Å². The maximum atomic E-state index is 11.1. The highest BCUT2D eigenvalue weighted by Gasteiger charge is 2.11. The molecule has 0 aliphatic rings. The Labute approximate surface area is 100 Å². The predicted molar refractivity (Wildman–Crippen MR) is 66.2 cm³/mol. The van der Waals surface area contributed by atoms with Crippen molar-refractivity contribution in [2.24, 2.45) is 0 Å². The molecule has 3 N–H and O–H groups in total. The van der Waals surface area contributed by atoms with Crippen molar-refractivity contribution in [3.05, 3.63) is 17.8 Å². The molecular weight excluding hydrogens is 240 g/mol. The maximum Gasteiger partial charge on any atom is 0.165 e. The fourth-order valence-electron chi connectivity index (χ4n) is 1.39. The number of anilines is 2. The normalized spacial score (nSPS) is 12.8. The van der Waals surface area contributed by atoms with Gasteiger partial charge in [0.1, 0.15) is 21.7 Å². The third-order valence-electron chi connectivity index (χ3n) is 1.98. The highest BCUT2D eigenvalue weighted by molar-refractivity contribution is 7.90. The summed E-state index contributed by atoms with van der Waals surface area (Å²) in [6, 6.07) is 4.74. The molecule has 7 heteroatoms. The van der Waals surface area contributed by atoms with Gasteiger partial charge in [0.25, 0.3) is 0 Å². The Morgan fingerprint density at radius 1 is 1.59 bits per heavy atom. The van der Waals surface area contributed by atoms with Crippen LogP contribution in [0.15, 0.2) is 12.1 Å². The summed E-state index contributed by atoms with van der Waals surface area (Å²) in [6.45, 7) is 1.73. The van der Waals surface area contributed by atoms with Crippen LogP contribution in [0, 0.1) is 11.3 Å². The average Bonchev–Trinajstić information content (AvgIpc) is 2.18. The fraction of sp³-hybridized carbons (Fsp3) is 0.400. The highest BCUT2D eigenvalue weighted by atomic mass is 32.2. The number of nitrogens with two attached hydrogens (primary N) is 1. The zero-order valence-corrected chi connectivity index (χ0v) is 10.5. The quantitative estimate of drug-likeness (QED) is 0.804. The van der Waals surface area contributed by atoms with Crippen LogP contribution in [0.1, 0.15) is 12.6 Å². The molecule has 1 rings (SSSR count). The van der Waals surface area contributed by atoms with Crippen molar-refractivity contribution in [2.45, 2.75) is 13.0 Å². The molecule has 0 fully saturated rings. The Hall–Kier alpha value is -1.81. The van der Waals surface area contributed by atoms with Crippen LogP contribution in [0.3, 0.4) is 0 Å². The van der Waals surface area contributed by atoms with E-state index in [9.17, 15) is 8.42 Å². The van der Waals surface area contributed by atoms with E-state index in [4.69, 9.17) is 11.0 Å². The van der Waals surface area contributed by atoms with Gasteiger partial charge in [-0.2, -0.15) is 5.26 Å². The number of nitrogens with zero attached hydrogens (tertiary/aromatic N) is 2. The SMILES string of the molecule is CC(CS(C)(=O)=O)Nc1ccc(N)c(C#N)n1. The zero-order valence-electron chi connectivity index (χ0n) is 9.64. The summed E-state index contributed by atoms with van der Waals surface area (Å²) in [4.78, 5) is 3.97. The number of nitrogen functional groups attached to an aromatic ring is 1. The summed E-state index contributed by atoms with van der Waals surface area (Å²) in [5.74, 6) is 0.438. The van der Waals surface area contributed by atoms with Crippen LogP contribution in [0.5, 0.6) is 0 Å². The Bertz CT molecular complexity index is 548. The van der Waals surface area contributed by atoms with Crippen LogP contribution in [0.25, 0.3) is 0 Å². The second-order valence-corrected chi connectivity index (χ2v) is 6.07. The number of hydrogen-bond donors (Lipinski definition) is 2. The first kappa shape index (κ1) is 13.3. The first-order valence-electron chi connectivity index (χ1n) is 4.92. The van der Waals surface area contributed by atoms with E-state index < -0.39 is 9.84 Å². The van der Waals surface area contributed by atoms with E-state index in [0.29, 0.717) is 11.5 Å². The van der Waals surface area contributed by atoms with Crippen molar-refractivity contribution < 1.29 is 8.42 Å². The molecule has 0 spiro atoms. The van der Waals surface area contributed by atoms with Gasteiger partial charge in [-0.25, -0.2) is 13.4 Å². The lowest BCUT2D eigenvalue weighted by Crippen LogP contribution is -2.25. The van der Waals surface area contributed by atoms with Gasteiger partial charge < -0.3 is 11.1 Å². The molecule has 1 aromatic heterocycles. The van der Waals surface area contributed by atoms with E-state index in [1.165, 1.54) is 6.26 Å². The van der Waals surface area contributed by atoms with E-state index in [1.54, 1.807) is 19.1 Å². The molecule has 0 aliphatic carbocycles. The van der Waals surface area contributed by atoms with Gasteiger partial charge in [0.05, 0.1) is 11.4 Å². The number of aromatic nitrogens is 1. The highest BCUT2D eigenvalue weighted by Crippen LogP contribution is 2.13. The Kier molecular flexibility index (Phi) is 3.91. The van der Waals surface area contributed by atoms with Crippen molar-refractivity contribution in [1.82, 2.24) is 4.98 Å². The molecule has 0 aromatic carbocycles. The van der Waals surface area contributed by atoms with E-state index in [1.807, 2.05) is 6.07 Å². The maximum absolute atomic E-state index is 11.1. The van der Waals surface area contributed by atoms with Gasteiger partial charge in [0.15, 0.2) is 5.69 Å². The lowest BCUT2D eigenvalue weighted by Gasteiger charge is -2.13. The topological polar surface area (TPSA) is 109 Å². The molecule has 1 aromatic rings. The number of pyridine rings is 1. The smallest absolute Gasteiger partial charge is 0.165 e. The Balaban J connectivity index is 2.80. The molecule has 0 bridgehead atoms. The van der Waals surface area contributed by atoms with Crippen LogP contribution in [-0.4, -0.2) is 31.5 Å². The van der Waals surface area contributed by atoms with Crippen molar-refractivity contribution in [3.63, 3.8) is 0 Å². The summed E-state index contributed by atoms with van der Waals surface area (Å²) in [5, 5.41) is 11.7. The molecular formula is C10H14N4O2S. The summed E-state index contributed by atoms with van der Waals surface area (Å²) in [5.41, 5.74) is 5.95. The number of nitrogens with one attached hydrogen (secondary N) is 1. The standard InChI is InChI=1S/C10H14N4O2S/c1-7(6-17(2,15)16)13-10-4-3-8(12)9(5-11)14-10/h3-4,7H,6,12H2,1-2H3,(H,13,14). The number of rotatable bonds is 4. The lowest BCUT2D eigenvalue weighted by atomic mass is 10.3. The van der Waals surface area contributed by atoms with Gasteiger partial charge in [0.2, 0.25) is 0 Å². The second kappa shape index (κ2) is 5.01. The average molecular weight is 254 g/mol. The largest absolute Gasteiger partial charge is 0.396 e. The molecule has 1 unspecified atom stereocenters. The van der Waals surface area contributed by atoms with Crippen LogP contribution in [-0.2, 0) is 9.84 Å². The Morgan fingerprint density at radius 3 is 2.76 bits per heavy atom. The van der Waals surface area contributed by atoms with Crippen molar-refractivity contribution >= 4 is 21.3 Å². The van der Waals surface area contributed by atoms with Crippen molar-refractivity contribution in [1.29, 1.82) is 5.26 Å². The van der Waals surface area contributed by atoms with Crippen molar-refractivity contribution in [2.75, 3.05) is 23.1 Å². The number of hydrogen-bond acceptors (Lipinski definition) is 6. The fourth-order valence-corrected chi connectivity index (χ4v) is 2.38. The minimum atomic E-state index is -3.05. The summed E-state index contributed by atoms with van der Waals surface area (Å²) >= 11 is 0. The molecule has 1 heterocycles. The molecule has 1 atom stereocenters. The van der Waals surface area contributed by atoms with E-state index in [2.05, 4.69) is 10.3 Å². The van der Waals surface area contributed by atoms with Gasteiger partial charge in [-0.3, -0.25) is 0 Å². The molecule has 0 amide bonds. The third kappa shape index (κ3) is 4.28. The molecule has 0 saturated heterocycles. The lowest BCUT2D eigenvalue weighted by molar-refractivity contribution is 0.598. The Morgan fingerprint density at radius 2 is 2.24 bits per heavy atom. The monoisotopic (exact) mass is 254 g/mol.